The number of rotatable bonds is 14. The number of carbonyl (C=O) groups excluding carboxylic acids is 1. The Morgan fingerprint density at radius 3 is 2.11 bits per heavy atom. The molecule has 0 bridgehead atoms. The second kappa shape index (κ2) is 14.0. The normalized spacial score (nSPS) is 11.0. The Labute approximate surface area is 207 Å². The summed E-state index contributed by atoms with van der Waals surface area (Å²) >= 11 is 0. The number of hydrogen-bond acceptors (Lipinski definition) is 3. The fourth-order valence-corrected chi connectivity index (χ4v) is 3.48. The molecule has 4 heteroatoms. The Bertz CT molecular complexity index is 1100. The molecule has 3 nitrogen and oxygen atoms in total. The molecule has 0 fully saturated rings. The van der Waals surface area contributed by atoms with Crippen molar-refractivity contribution in [3.63, 3.8) is 0 Å². The van der Waals surface area contributed by atoms with E-state index >= 15 is 0 Å². The highest BCUT2D eigenvalue weighted by atomic mass is 19.1. The van der Waals surface area contributed by atoms with Crippen LogP contribution in [0.25, 0.3) is 11.6 Å². The predicted octanol–water partition coefficient (Wildman–Crippen LogP) is 7.91. The molecule has 35 heavy (non-hydrogen) atoms. The zero-order valence-corrected chi connectivity index (χ0v) is 20.3. The molecule has 0 N–H and O–H groups in total. The van der Waals surface area contributed by atoms with Gasteiger partial charge in [0.1, 0.15) is 11.6 Å². The van der Waals surface area contributed by atoms with Gasteiger partial charge in [0.25, 0.3) is 0 Å². The van der Waals surface area contributed by atoms with Crippen molar-refractivity contribution in [3.8, 4) is 5.75 Å². The standard InChI is InChI=1S/C31H33FO3/c1-24(2)27-12-7-26(8-13-27)23-34-21-5-3-4-6-22-35-30-18-9-25(10-19-30)11-20-31(33)28-14-16-29(32)17-15-28/h7-20H,1,3-6,21-23H2,2H3. The molecule has 3 aromatic rings. The topological polar surface area (TPSA) is 35.5 Å². The number of hydrogen-bond donors (Lipinski definition) is 0. The molecular weight excluding hydrogens is 439 g/mol. The summed E-state index contributed by atoms with van der Waals surface area (Å²) in [5, 5.41) is 0. The van der Waals surface area contributed by atoms with Gasteiger partial charge < -0.3 is 9.47 Å². The van der Waals surface area contributed by atoms with Crippen LogP contribution in [-0.2, 0) is 11.3 Å². The SMILES string of the molecule is C=C(C)c1ccc(COCCCCCCOc2ccc(C=CC(=O)c3ccc(F)cc3)cc2)cc1. The Hall–Kier alpha value is -3.50. The van der Waals surface area contributed by atoms with E-state index in [1.54, 1.807) is 6.08 Å². The molecule has 0 radical (unpaired) electrons. The molecular formula is C31H33FO3. The minimum Gasteiger partial charge on any atom is -0.494 e. The summed E-state index contributed by atoms with van der Waals surface area (Å²) in [6, 6.07) is 21.5. The van der Waals surface area contributed by atoms with E-state index in [9.17, 15) is 9.18 Å². The molecule has 0 aliphatic heterocycles. The summed E-state index contributed by atoms with van der Waals surface area (Å²) in [6.45, 7) is 8.05. The van der Waals surface area contributed by atoms with Crippen molar-refractivity contribution < 1.29 is 18.7 Å². The van der Waals surface area contributed by atoms with Crippen LogP contribution in [0.5, 0.6) is 5.75 Å². The van der Waals surface area contributed by atoms with Gasteiger partial charge in [0.2, 0.25) is 0 Å². The number of allylic oxidation sites excluding steroid dienone is 2. The smallest absolute Gasteiger partial charge is 0.185 e. The van der Waals surface area contributed by atoms with Gasteiger partial charge >= 0.3 is 0 Å². The Kier molecular flexibility index (Phi) is 10.5. The highest BCUT2D eigenvalue weighted by Crippen LogP contribution is 2.15. The maximum atomic E-state index is 13.0. The van der Waals surface area contributed by atoms with Crippen LogP contribution in [-0.4, -0.2) is 19.0 Å². The van der Waals surface area contributed by atoms with Crippen molar-refractivity contribution in [2.75, 3.05) is 13.2 Å². The highest BCUT2D eigenvalue weighted by molar-refractivity contribution is 6.06. The number of halogens is 1. The summed E-state index contributed by atoms with van der Waals surface area (Å²) in [6.07, 6.45) is 7.49. The second-order valence-electron chi connectivity index (χ2n) is 8.57. The lowest BCUT2D eigenvalue weighted by molar-refractivity contribution is 0.104. The van der Waals surface area contributed by atoms with Gasteiger partial charge in [-0.05, 0) is 85.4 Å². The van der Waals surface area contributed by atoms with Crippen molar-refractivity contribution >= 4 is 17.4 Å². The van der Waals surface area contributed by atoms with Crippen LogP contribution in [0.4, 0.5) is 4.39 Å². The minimum absolute atomic E-state index is 0.159. The average Bonchev–Trinajstić information content (AvgIpc) is 2.87. The van der Waals surface area contributed by atoms with Gasteiger partial charge in [-0.2, -0.15) is 0 Å². The van der Waals surface area contributed by atoms with Gasteiger partial charge in [0, 0.05) is 12.2 Å². The van der Waals surface area contributed by atoms with Crippen molar-refractivity contribution in [3.05, 3.63) is 114 Å². The fourth-order valence-electron chi connectivity index (χ4n) is 3.48. The molecule has 0 spiro atoms. The third kappa shape index (κ3) is 9.34. The number of carbonyl (C=O) groups is 1. The Morgan fingerprint density at radius 1 is 0.829 bits per heavy atom. The van der Waals surface area contributed by atoms with E-state index in [1.807, 2.05) is 31.2 Å². The van der Waals surface area contributed by atoms with Crippen LogP contribution < -0.4 is 4.74 Å². The molecule has 0 saturated heterocycles. The second-order valence-corrected chi connectivity index (χ2v) is 8.57. The molecule has 3 aromatic carbocycles. The molecule has 0 aromatic heterocycles. The molecule has 182 valence electrons. The molecule has 0 unspecified atom stereocenters. The summed E-state index contributed by atoms with van der Waals surface area (Å²) < 4.78 is 24.6. The first-order chi connectivity index (χ1) is 17.0. The molecule has 0 aliphatic carbocycles. The van der Waals surface area contributed by atoms with Gasteiger partial charge in [-0.1, -0.05) is 61.0 Å². The van der Waals surface area contributed by atoms with Gasteiger partial charge in [0.15, 0.2) is 5.78 Å². The monoisotopic (exact) mass is 472 g/mol. The van der Waals surface area contributed by atoms with Crippen LogP contribution in [0, 0.1) is 5.82 Å². The van der Waals surface area contributed by atoms with E-state index in [1.165, 1.54) is 41.5 Å². The molecule has 0 aliphatic rings. The van der Waals surface area contributed by atoms with Crippen molar-refractivity contribution in [2.45, 2.75) is 39.2 Å². The zero-order valence-electron chi connectivity index (χ0n) is 20.3. The van der Waals surface area contributed by atoms with E-state index in [0.29, 0.717) is 18.8 Å². The van der Waals surface area contributed by atoms with Crippen LogP contribution in [0.3, 0.4) is 0 Å². The number of ether oxygens (including phenoxy) is 2. The van der Waals surface area contributed by atoms with Gasteiger partial charge in [0.05, 0.1) is 13.2 Å². The Balaban J connectivity index is 1.25. The van der Waals surface area contributed by atoms with E-state index < -0.39 is 0 Å². The van der Waals surface area contributed by atoms with E-state index in [-0.39, 0.29) is 11.6 Å². The number of unbranched alkanes of at least 4 members (excludes halogenated alkanes) is 3. The maximum absolute atomic E-state index is 13.0. The lowest BCUT2D eigenvalue weighted by atomic mass is 10.1. The zero-order chi connectivity index (χ0) is 24.9. The average molecular weight is 473 g/mol. The first-order valence-corrected chi connectivity index (χ1v) is 12.0. The summed E-state index contributed by atoms with van der Waals surface area (Å²) in [5.74, 6) is 0.299. The largest absolute Gasteiger partial charge is 0.494 e. The minimum atomic E-state index is -0.355. The first-order valence-electron chi connectivity index (χ1n) is 12.0. The quantitative estimate of drug-likeness (QED) is 0.136. The van der Waals surface area contributed by atoms with Crippen molar-refractivity contribution in [2.24, 2.45) is 0 Å². The number of benzene rings is 3. The lowest BCUT2D eigenvalue weighted by Gasteiger charge is -2.07. The van der Waals surface area contributed by atoms with Gasteiger partial charge in [-0.25, -0.2) is 4.39 Å². The fraction of sp³-hybridized carbons (Fsp3) is 0.258. The van der Waals surface area contributed by atoms with Gasteiger partial charge in [-0.15, -0.1) is 0 Å². The summed E-state index contributed by atoms with van der Waals surface area (Å²) in [5.41, 5.74) is 4.79. The van der Waals surface area contributed by atoms with Crippen LogP contribution in [0.2, 0.25) is 0 Å². The first kappa shape index (κ1) is 26.1. The van der Waals surface area contributed by atoms with Crippen LogP contribution in [0.1, 0.15) is 59.7 Å². The highest BCUT2D eigenvalue weighted by Gasteiger charge is 2.02. The van der Waals surface area contributed by atoms with Crippen molar-refractivity contribution in [1.29, 1.82) is 0 Å². The van der Waals surface area contributed by atoms with Crippen molar-refractivity contribution in [1.82, 2.24) is 0 Å². The molecule has 0 saturated carbocycles. The summed E-state index contributed by atoms with van der Waals surface area (Å²) in [4.78, 5) is 12.1. The predicted molar refractivity (Wildman–Crippen MR) is 141 cm³/mol. The molecule has 0 atom stereocenters. The maximum Gasteiger partial charge on any atom is 0.185 e. The van der Waals surface area contributed by atoms with E-state index in [4.69, 9.17) is 9.47 Å². The van der Waals surface area contributed by atoms with Crippen LogP contribution >= 0.6 is 0 Å². The third-order valence-corrected chi connectivity index (χ3v) is 5.60. The lowest BCUT2D eigenvalue weighted by Crippen LogP contribution is -1.99. The number of ketones is 1. The molecule has 0 heterocycles. The van der Waals surface area contributed by atoms with E-state index in [2.05, 4.69) is 30.8 Å². The molecule has 3 rings (SSSR count). The summed E-state index contributed by atoms with van der Waals surface area (Å²) in [7, 11) is 0. The molecule has 0 amide bonds. The van der Waals surface area contributed by atoms with Gasteiger partial charge in [-0.3, -0.25) is 4.79 Å². The van der Waals surface area contributed by atoms with Crippen LogP contribution in [0.15, 0.2) is 85.5 Å². The third-order valence-electron chi connectivity index (χ3n) is 5.60. The Morgan fingerprint density at radius 2 is 1.46 bits per heavy atom. The van der Waals surface area contributed by atoms with E-state index in [0.717, 1.165) is 49.2 Å².